The Morgan fingerprint density at radius 1 is 0.895 bits per heavy atom. The van der Waals surface area contributed by atoms with Gasteiger partial charge < -0.3 is 27.9 Å². The van der Waals surface area contributed by atoms with Crippen molar-refractivity contribution < 1.29 is 32.7 Å². The molecule has 0 amide bonds. The van der Waals surface area contributed by atoms with Gasteiger partial charge in [0.2, 0.25) is 0 Å². The molecule has 0 saturated heterocycles. The number of aryl methyl sites for hydroxylation is 1. The van der Waals surface area contributed by atoms with Crippen LogP contribution >= 0.6 is 8.60 Å². The first-order chi connectivity index (χ1) is 18.2. The monoisotopic (exact) mass is 556 g/mol. The third-order valence-electron chi connectivity index (χ3n) is 6.32. The van der Waals surface area contributed by atoms with E-state index in [-0.39, 0.29) is 13.2 Å². The summed E-state index contributed by atoms with van der Waals surface area (Å²) >= 11 is 0. The fourth-order valence-electron chi connectivity index (χ4n) is 4.08. The SMILES string of the molecule is CCCCCCCCCCCCCCc1cccc(OCC(COP(O)OCC[N+](C)(C)C)OC(C)=O)c1. The van der Waals surface area contributed by atoms with Crippen LogP contribution in [-0.4, -0.2) is 69.0 Å². The van der Waals surface area contributed by atoms with Crippen LogP contribution in [-0.2, 0) is 25.0 Å². The summed E-state index contributed by atoms with van der Waals surface area (Å²) < 4.78 is 22.7. The van der Waals surface area contributed by atoms with Gasteiger partial charge in [-0.25, -0.2) is 0 Å². The number of unbranched alkanes of at least 4 members (excludes halogenated alkanes) is 11. The van der Waals surface area contributed by atoms with E-state index < -0.39 is 20.7 Å². The van der Waals surface area contributed by atoms with Crippen molar-refractivity contribution >= 4 is 14.6 Å². The molecule has 0 aliphatic heterocycles. The third-order valence-corrected chi connectivity index (χ3v) is 7.09. The molecular weight excluding hydrogens is 501 g/mol. The fraction of sp³-hybridized carbons (Fsp3) is 0.767. The van der Waals surface area contributed by atoms with E-state index in [1.807, 2.05) is 33.3 Å². The Morgan fingerprint density at radius 3 is 2.08 bits per heavy atom. The minimum atomic E-state index is -2.04. The van der Waals surface area contributed by atoms with E-state index in [1.54, 1.807) is 0 Å². The summed E-state index contributed by atoms with van der Waals surface area (Å²) in [5.74, 6) is 0.320. The molecule has 0 spiro atoms. The molecule has 7 nitrogen and oxygen atoms in total. The van der Waals surface area contributed by atoms with Crippen LogP contribution in [0, 0.1) is 0 Å². The van der Waals surface area contributed by atoms with Gasteiger partial charge in [-0.15, -0.1) is 0 Å². The number of ether oxygens (including phenoxy) is 2. The Kier molecular flexibility index (Phi) is 19.7. The van der Waals surface area contributed by atoms with Crippen molar-refractivity contribution in [2.75, 3.05) is 47.5 Å². The molecule has 2 unspecified atom stereocenters. The third kappa shape index (κ3) is 20.7. The van der Waals surface area contributed by atoms with Crippen molar-refractivity contribution in [2.24, 2.45) is 0 Å². The zero-order chi connectivity index (χ0) is 28.1. The van der Waals surface area contributed by atoms with Gasteiger partial charge in [0.15, 0.2) is 6.10 Å². The molecule has 0 aliphatic rings. The molecule has 0 aromatic heterocycles. The first-order valence-electron chi connectivity index (χ1n) is 14.6. The molecule has 0 fully saturated rings. The average molecular weight is 557 g/mol. The van der Waals surface area contributed by atoms with Crippen LogP contribution in [0.4, 0.5) is 0 Å². The summed E-state index contributed by atoms with van der Waals surface area (Å²) in [6.07, 6.45) is 16.6. The van der Waals surface area contributed by atoms with Gasteiger partial charge in [0.05, 0.1) is 27.7 Å². The summed E-state index contributed by atoms with van der Waals surface area (Å²) in [5, 5.41) is 0. The number of likely N-dealkylation sites (N-methyl/N-ethyl adjacent to an activating group) is 1. The molecule has 0 radical (unpaired) electrons. The number of nitrogens with zero attached hydrogens (tertiary/aromatic N) is 1. The zero-order valence-corrected chi connectivity index (χ0v) is 25.7. The maximum atomic E-state index is 11.5. The second-order valence-corrected chi connectivity index (χ2v) is 12.2. The number of carbonyl (C=O) groups is 1. The Labute approximate surface area is 233 Å². The van der Waals surface area contributed by atoms with E-state index >= 15 is 0 Å². The molecule has 0 bridgehead atoms. The second-order valence-electron chi connectivity index (χ2n) is 11.2. The maximum Gasteiger partial charge on any atom is 0.330 e. The molecule has 38 heavy (non-hydrogen) atoms. The Bertz CT molecular complexity index is 727. The molecule has 2 atom stereocenters. The Hall–Kier alpha value is -1.24. The normalized spacial score (nSPS) is 13.3. The van der Waals surface area contributed by atoms with Gasteiger partial charge in [-0.2, -0.15) is 0 Å². The lowest BCUT2D eigenvalue weighted by molar-refractivity contribution is -0.870. The Morgan fingerprint density at radius 2 is 1.50 bits per heavy atom. The van der Waals surface area contributed by atoms with E-state index in [1.165, 1.54) is 89.5 Å². The van der Waals surface area contributed by atoms with Gasteiger partial charge in [0, 0.05) is 6.92 Å². The van der Waals surface area contributed by atoms with E-state index in [0.29, 0.717) is 6.61 Å². The topological polar surface area (TPSA) is 74.2 Å². The van der Waals surface area contributed by atoms with Crippen molar-refractivity contribution in [3.63, 3.8) is 0 Å². The van der Waals surface area contributed by atoms with Gasteiger partial charge in [-0.1, -0.05) is 89.7 Å². The standard InChI is InChI=1S/C30H55NO6P/c1-6-7-8-9-10-11-12-13-14-15-16-17-19-28-20-18-21-29(24-28)34-25-30(37-27(2)32)26-36-38(33)35-23-22-31(3,4)5/h18,20-21,24,30,33H,6-17,19,22-23,25-26H2,1-5H3/q+1. The summed E-state index contributed by atoms with van der Waals surface area (Å²) in [7, 11) is 4.11. The predicted octanol–water partition coefficient (Wildman–Crippen LogP) is 7.20. The Balaban J connectivity index is 2.26. The van der Waals surface area contributed by atoms with Crippen molar-refractivity contribution in [3.05, 3.63) is 29.8 Å². The molecule has 0 aliphatic carbocycles. The van der Waals surface area contributed by atoms with Crippen molar-refractivity contribution in [3.8, 4) is 5.75 Å². The van der Waals surface area contributed by atoms with Crippen molar-refractivity contribution in [2.45, 2.75) is 103 Å². The average Bonchev–Trinajstić information content (AvgIpc) is 2.85. The maximum absolute atomic E-state index is 11.5. The molecule has 220 valence electrons. The molecule has 1 N–H and O–H groups in total. The molecule has 8 heteroatoms. The molecule has 1 aromatic rings. The number of rotatable bonds is 24. The number of benzene rings is 1. The van der Waals surface area contributed by atoms with Gasteiger partial charge in [-0.3, -0.25) is 4.79 Å². The van der Waals surface area contributed by atoms with Gasteiger partial charge in [0.1, 0.15) is 25.5 Å². The lowest BCUT2D eigenvalue weighted by Crippen LogP contribution is -2.37. The number of quaternary nitrogens is 1. The summed E-state index contributed by atoms with van der Waals surface area (Å²) in [6.45, 7) is 4.89. The van der Waals surface area contributed by atoms with E-state index in [2.05, 4.69) is 19.1 Å². The van der Waals surface area contributed by atoms with E-state index in [0.717, 1.165) is 23.2 Å². The zero-order valence-electron chi connectivity index (χ0n) is 24.8. The molecule has 0 saturated carbocycles. The van der Waals surface area contributed by atoms with Crippen molar-refractivity contribution in [1.82, 2.24) is 0 Å². The van der Waals surface area contributed by atoms with Crippen molar-refractivity contribution in [1.29, 1.82) is 0 Å². The van der Waals surface area contributed by atoms with Crippen LogP contribution in [0.25, 0.3) is 0 Å². The number of hydrogen-bond acceptors (Lipinski definition) is 6. The van der Waals surface area contributed by atoms with Crippen LogP contribution < -0.4 is 4.74 Å². The molecule has 0 heterocycles. The smallest absolute Gasteiger partial charge is 0.330 e. The number of esters is 1. The van der Waals surface area contributed by atoms with Crippen LogP contribution in [0.15, 0.2) is 24.3 Å². The lowest BCUT2D eigenvalue weighted by Gasteiger charge is -2.24. The van der Waals surface area contributed by atoms with Crippen LogP contribution in [0.2, 0.25) is 0 Å². The summed E-state index contributed by atoms with van der Waals surface area (Å²) in [4.78, 5) is 21.5. The highest BCUT2D eigenvalue weighted by Crippen LogP contribution is 2.33. The van der Waals surface area contributed by atoms with E-state index in [9.17, 15) is 9.69 Å². The van der Waals surface area contributed by atoms with Crippen LogP contribution in [0.3, 0.4) is 0 Å². The van der Waals surface area contributed by atoms with E-state index in [4.69, 9.17) is 18.5 Å². The fourth-order valence-corrected chi connectivity index (χ4v) is 4.68. The minimum Gasteiger partial charge on any atom is -0.490 e. The minimum absolute atomic E-state index is 0.00467. The van der Waals surface area contributed by atoms with Gasteiger partial charge in [0.25, 0.3) is 0 Å². The largest absolute Gasteiger partial charge is 0.490 e. The highest BCUT2D eigenvalue weighted by molar-refractivity contribution is 7.40. The number of hydrogen-bond donors (Lipinski definition) is 1. The highest BCUT2D eigenvalue weighted by atomic mass is 31.2. The first kappa shape index (κ1) is 34.8. The highest BCUT2D eigenvalue weighted by Gasteiger charge is 2.18. The predicted molar refractivity (Wildman–Crippen MR) is 156 cm³/mol. The molecular formula is C30H55NO6P+. The number of carbonyl (C=O) groups excluding carboxylic acids is 1. The first-order valence-corrected chi connectivity index (χ1v) is 15.8. The van der Waals surface area contributed by atoms with Gasteiger partial charge in [-0.05, 0) is 30.5 Å². The van der Waals surface area contributed by atoms with Crippen LogP contribution in [0.5, 0.6) is 5.75 Å². The second kappa shape index (κ2) is 21.6. The summed E-state index contributed by atoms with van der Waals surface area (Å²) in [5.41, 5.74) is 1.25. The molecule has 1 rings (SSSR count). The lowest BCUT2D eigenvalue weighted by atomic mass is 10.0. The quantitative estimate of drug-likeness (QED) is 0.0628. The summed E-state index contributed by atoms with van der Waals surface area (Å²) in [6, 6.07) is 8.09. The van der Waals surface area contributed by atoms with Crippen LogP contribution in [0.1, 0.15) is 96.5 Å². The van der Waals surface area contributed by atoms with Gasteiger partial charge >= 0.3 is 14.6 Å². The molecule has 1 aromatic carbocycles.